The topological polar surface area (TPSA) is 204 Å². The highest BCUT2D eigenvalue weighted by molar-refractivity contribution is 5.94. The SMILES string of the molecule is CC(C)CC(NC(=O)C(C)NC(=O)C(CCC(=O)O)NC(=O)C(N)Cc1c[nH]c2ccccc12)C(=O)O. The number of aromatic nitrogens is 1. The van der Waals surface area contributed by atoms with Gasteiger partial charge in [0.15, 0.2) is 0 Å². The molecule has 0 bridgehead atoms. The molecule has 2 rings (SSSR count). The molecule has 0 fully saturated rings. The average molecular weight is 518 g/mol. The molecule has 2 aromatic rings. The molecular weight excluding hydrogens is 482 g/mol. The minimum absolute atomic E-state index is 0.00961. The second kappa shape index (κ2) is 13.4. The molecule has 8 N–H and O–H groups in total. The number of fused-ring (bicyclic) bond motifs is 1. The fraction of sp³-hybridized carbons (Fsp3) is 0.480. The number of para-hydroxylation sites is 1. The van der Waals surface area contributed by atoms with Crippen LogP contribution in [0.4, 0.5) is 0 Å². The molecule has 0 saturated carbocycles. The molecule has 0 spiro atoms. The quantitative estimate of drug-likeness (QED) is 0.188. The van der Waals surface area contributed by atoms with E-state index in [2.05, 4.69) is 20.9 Å². The van der Waals surface area contributed by atoms with Crippen LogP contribution in [0, 0.1) is 5.92 Å². The Morgan fingerprint density at radius 1 is 0.919 bits per heavy atom. The van der Waals surface area contributed by atoms with Gasteiger partial charge in [0.25, 0.3) is 0 Å². The molecular formula is C25H35N5O7. The van der Waals surface area contributed by atoms with Crippen molar-refractivity contribution in [3.63, 3.8) is 0 Å². The van der Waals surface area contributed by atoms with Gasteiger partial charge in [0.05, 0.1) is 6.04 Å². The smallest absolute Gasteiger partial charge is 0.326 e. The van der Waals surface area contributed by atoms with E-state index in [-0.39, 0.29) is 25.2 Å². The van der Waals surface area contributed by atoms with Gasteiger partial charge in [-0.25, -0.2) is 4.79 Å². The molecule has 1 heterocycles. The van der Waals surface area contributed by atoms with Crippen molar-refractivity contribution in [3.05, 3.63) is 36.0 Å². The number of carbonyl (C=O) groups is 5. The van der Waals surface area contributed by atoms with Crippen molar-refractivity contribution in [1.29, 1.82) is 0 Å². The van der Waals surface area contributed by atoms with Crippen LogP contribution in [-0.2, 0) is 30.4 Å². The summed E-state index contributed by atoms with van der Waals surface area (Å²) in [6.45, 7) is 4.98. The van der Waals surface area contributed by atoms with E-state index < -0.39 is 60.2 Å². The van der Waals surface area contributed by atoms with Gasteiger partial charge in [-0.05, 0) is 43.7 Å². The molecule has 0 saturated heterocycles. The average Bonchev–Trinajstić information content (AvgIpc) is 3.23. The number of amides is 3. The Morgan fingerprint density at radius 3 is 2.19 bits per heavy atom. The molecule has 0 radical (unpaired) electrons. The van der Waals surface area contributed by atoms with Crippen LogP contribution in [0.2, 0.25) is 0 Å². The fourth-order valence-corrected chi connectivity index (χ4v) is 3.81. The first-order chi connectivity index (χ1) is 17.4. The molecule has 1 aromatic carbocycles. The van der Waals surface area contributed by atoms with Gasteiger partial charge in [0.1, 0.15) is 18.1 Å². The van der Waals surface area contributed by atoms with Gasteiger partial charge in [-0.2, -0.15) is 0 Å². The summed E-state index contributed by atoms with van der Waals surface area (Å²) in [7, 11) is 0. The summed E-state index contributed by atoms with van der Waals surface area (Å²) in [4.78, 5) is 63.7. The van der Waals surface area contributed by atoms with E-state index in [1.807, 2.05) is 38.1 Å². The van der Waals surface area contributed by atoms with Crippen molar-refractivity contribution in [2.75, 3.05) is 0 Å². The van der Waals surface area contributed by atoms with Crippen LogP contribution in [-0.4, -0.2) is 69.0 Å². The van der Waals surface area contributed by atoms with Crippen molar-refractivity contribution in [2.24, 2.45) is 11.7 Å². The van der Waals surface area contributed by atoms with Gasteiger partial charge in [-0.15, -0.1) is 0 Å². The monoisotopic (exact) mass is 517 g/mol. The number of aromatic amines is 1. The van der Waals surface area contributed by atoms with E-state index in [0.717, 1.165) is 16.5 Å². The third-order valence-corrected chi connectivity index (χ3v) is 5.81. The molecule has 0 aliphatic carbocycles. The predicted molar refractivity (Wildman–Crippen MR) is 135 cm³/mol. The van der Waals surface area contributed by atoms with Gasteiger partial charge < -0.3 is 36.9 Å². The lowest BCUT2D eigenvalue weighted by Gasteiger charge is -2.23. The Bertz CT molecular complexity index is 1130. The summed E-state index contributed by atoms with van der Waals surface area (Å²) in [5, 5.41) is 26.6. The minimum atomic E-state index is -1.26. The van der Waals surface area contributed by atoms with Gasteiger partial charge in [0.2, 0.25) is 17.7 Å². The van der Waals surface area contributed by atoms with Crippen LogP contribution in [0.5, 0.6) is 0 Å². The van der Waals surface area contributed by atoms with E-state index in [0.29, 0.717) is 0 Å². The van der Waals surface area contributed by atoms with Crippen LogP contribution in [0.15, 0.2) is 30.5 Å². The maximum absolute atomic E-state index is 12.9. The number of carboxylic acid groups (broad SMARTS) is 2. The molecule has 202 valence electrons. The molecule has 4 unspecified atom stereocenters. The van der Waals surface area contributed by atoms with Gasteiger partial charge >= 0.3 is 11.9 Å². The Hall–Kier alpha value is -3.93. The summed E-state index contributed by atoms with van der Waals surface area (Å²) < 4.78 is 0. The molecule has 0 aliphatic rings. The Labute approximate surface area is 214 Å². The fourth-order valence-electron chi connectivity index (χ4n) is 3.81. The third-order valence-electron chi connectivity index (χ3n) is 5.81. The molecule has 12 heteroatoms. The van der Waals surface area contributed by atoms with E-state index in [9.17, 15) is 29.1 Å². The summed E-state index contributed by atoms with van der Waals surface area (Å²) >= 11 is 0. The first kappa shape index (κ1) is 29.3. The first-order valence-electron chi connectivity index (χ1n) is 12.0. The van der Waals surface area contributed by atoms with Crippen molar-refractivity contribution in [2.45, 2.75) is 70.6 Å². The summed E-state index contributed by atoms with van der Waals surface area (Å²) in [6, 6.07) is 2.95. The van der Waals surface area contributed by atoms with E-state index in [4.69, 9.17) is 10.8 Å². The van der Waals surface area contributed by atoms with Crippen LogP contribution in [0.3, 0.4) is 0 Å². The normalized spacial score (nSPS) is 14.4. The highest BCUT2D eigenvalue weighted by Gasteiger charge is 2.29. The number of aliphatic carboxylic acids is 2. The highest BCUT2D eigenvalue weighted by Crippen LogP contribution is 2.18. The van der Waals surface area contributed by atoms with Crippen LogP contribution in [0.1, 0.15) is 45.6 Å². The first-order valence-corrected chi connectivity index (χ1v) is 12.0. The third kappa shape index (κ3) is 8.90. The van der Waals surface area contributed by atoms with E-state index in [1.54, 1.807) is 6.20 Å². The van der Waals surface area contributed by atoms with Crippen LogP contribution in [0.25, 0.3) is 10.9 Å². The zero-order valence-electron chi connectivity index (χ0n) is 21.1. The number of rotatable bonds is 14. The number of carbonyl (C=O) groups excluding carboxylic acids is 3. The largest absolute Gasteiger partial charge is 0.481 e. The number of hydrogen-bond acceptors (Lipinski definition) is 6. The van der Waals surface area contributed by atoms with Crippen LogP contribution < -0.4 is 21.7 Å². The molecule has 37 heavy (non-hydrogen) atoms. The van der Waals surface area contributed by atoms with Crippen molar-refractivity contribution in [1.82, 2.24) is 20.9 Å². The lowest BCUT2D eigenvalue weighted by molar-refractivity contribution is -0.142. The second-order valence-electron chi connectivity index (χ2n) is 9.42. The lowest BCUT2D eigenvalue weighted by atomic mass is 10.0. The lowest BCUT2D eigenvalue weighted by Crippen LogP contribution is -2.56. The van der Waals surface area contributed by atoms with Crippen molar-refractivity contribution >= 4 is 40.6 Å². The zero-order valence-corrected chi connectivity index (χ0v) is 21.1. The highest BCUT2D eigenvalue weighted by atomic mass is 16.4. The summed E-state index contributed by atoms with van der Waals surface area (Å²) in [5.41, 5.74) is 7.78. The number of nitrogens with two attached hydrogens (primary N) is 1. The maximum atomic E-state index is 12.9. The summed E-state index contributed by atoms with van der Waals surface area (Å²) in [6.07, 6.45) is 1.48. The Balaban J connectivity index is 2.04. The van der Waals surface area contributed by atoms with E-state index >= 15 is 0 Å². The summed E-state index contributed by atoms with van der Waals surface area (Å²) in [5.74, 6) is -4.52. The zero-order chi connectivity index (χ0) is 27.7. The molecule has 12 nitrogen and oxygen atoms in total. The Kier molecular flexibility index (Phi) is 10.6. The van der Waals surface area contributed by atoms with Gasteiger partial charge in [0, 0.05) is 23.5 Å². The molecule has 1 aromatic heterocycles. The molecule has 0 aliphatic heterocycles. The van der Waals surface area contributed by atoms with Crippen molar-refractivity contribution < 1.29 is 34.2 Å². The van der Waals surface area contributed by atoms with Crippen LogP contribution >= 0.6 is 0 Å². The Morgan fingerprint density at radius 2 is 1.57 bits per heavy atom. The number of benzene rings is 1. The molecule has 3 amide bonds. The predicted octanol–water partition coefficient (Wildman–Crippen LogP) is 0.508. The molecule has 4 atom stereocenters. The number of nitrogens with one attached hydrogen (secondary N) is 4. The maximum Gasteiger partial charge on any atom is 0.326 e. The number of H-pyrrole nitrogens is 1. The van der Waals surface area contributed by atoms with Gasteiger partial charge in [-0.1, -0.05) is 32.0 Å². The standard InChI is InChI=1S/C25H35N5O7/c1-13(2)10-20(25(36)37)30-22(33)14(3)28-24(35)19(8-9-21(31)32)29-23(34)17(26)11-15-12-27-18-7-5-4-6-16(15)18/h4-7,12-14,17,19-20,27H,8-11,26H2,1-3H3,(H,28,35)(H,29,34)(H,30,33)(H,31,32)(H,36,37). The van der Waals surface area contributed by atoms with E-state index in [1.165, 1.54) is 6.92 Å². The number of hydrogen-bond donors (Lipinski definition) is 7. The number of carboxylic acids is 2. The second-order valence-corrected chi connectivity index (χ2v) is 9.42. The van der Waals surface area contributed by atoms with Crippen molar-refractivity contribution in [3.8, 4) is 0 Å². The minimum Gasteiger partial charge on any atom is -0.481 e. The van der Waals surface area contributed by atoms with Gasteiger partial charge in [-0.3, -0.25) is 19.2 Å².